The van der Waals surface area contributed by atoms with Crippen molar-refractivity contribution in [1.29, 1.82) is 0 Å². The van der Waals surface area contributed by atoms with E-state index in [1.807, 2.05) is 70.9 Å². The van der Waals surface area contributed by atoms with Crippen molar-refractivity contribution in [3.8, 4) is 22.0 Å². The molecule has 0 aliphatic carbocycles. The summed E-state index contributed by atoms with van der Waals surface area (Å²) >= 11 is 1.62. The average Bonchev–Trinajstić information content (AvgIpc) is 3.60. The van der Waals surface area contributed by atoms with Crippen molar-refractivity contribution in [3.63, 3.8) is 0 Å². The van der Waals surface area contributed by atoms with Crippen LogP contribution in [0.4, 0.5) is 0 Å². The van der Waals surface area contributed by atoms with Gasteiger partial charge in [-0.2, -0.15) is 5.10 Å². The van der Waals surface area contributed by atoms with Gasteiger partial charge in [-0.25, -0.2) is 4.68 Å². The molecule has 1 amide bonds. The first-order valence-corrected chi connectivity index (χ1v) is 12.6. The molecule has 0 N–H and O–H groups in total. The number of ether oxygens (including phenoxy) is 1. The van der Waals surface area contributed by atoms with E-state index < -0.39 is 0 Å². The van der Waals surface area contributed by atoms with E-state index in [4.69, 9.17) is 9.84 Å². The van der Waals surface area contributed by atoms with E-state index in [9.17, 15) is 4.79 Å². The number of hydrogen-bond donors (Lipinski definition) is 0. The SMILES string of the molecule is COc1ccc(-n2nc(-c3cccs3)cc2C(=O)N2CCN(C/C=C/c3ccccc3)CC2)cc1. The van der Waals surface area contributed by atoms with Gasteiger partial charge in [-0.15, -0.1) is 11.3 Å². The van der Waals surface area contributed by atoms with Crippen molar-refractivity contribution in [2.45, 2.75) is 0 Å². The van der Waals surface area contributed by atoms with E-state index in [-0.39, 0.29) is 5.91 Å². The highest BCUT2D eigenvalue weighted by Gasteiger charge is 2.26. The quantitative estimate of drug-likeness (QED) is 0.367. The standard InChI is InChI=1S/C28H28N4O2S/c1-34-24-13-11-23(12-14-24)32-26(21-25(29-32)27-10-6-20-35-27)28(33)31-18-16-30(17-19-31)15-5-9-22-7-3-2-4-8-22/h2-14,20-21H,15-19H2,1H3/b9-5+. The maximum atomic E-state index is 13.6. The van der Waals surface area contributed by atoms with Gasteiger partial charge in [-0.05, 0) is 47.3 Å². The Kier molecular flexibility index (Phi) is 7.07. The molecule has 0 radical (unpaired) electrons. The predicted octanol–water partition coefficient (Wildman–Crippen LogP) is 5.08. The number of carbonyl (C=O) groups is 1. The van der Waals surface area contributed by atoms with E-state index in [2.05, 4.69) is 29.2 Å². The minimum absolute atomic E-state index is 0.00982. The van der Waals surface area contributed by atoms with Crippen LogP contribution in [-0.2, 0) is 0 Å². The summed E-state index contributed by atoms with van der Waals surface area (Å²) in [7, 11) is 1.64. The Bertz CT molecular complexity index is 1270. The van der Waals surface area contributed by atoms with Gasteiger partial charge in [0.15, 0.2) is 0 Å². The number of aromatic nitrogens is 2. The molecular formula is C28H28N4O2S. The summed E-state index contributed by atoms with van der Waals surface area (Å²) < 4.78 is 7.05. The number of hydrogen-bond acceptors (Lipinski definition) is 5. The van der Waals surface area contributed by atoms with Gasteiger partial charge in [0.2, 0.25) is 0 Å². The summed E-state index contributed by atoms with van der Waals surface area (Å²) in [5, 5.41) is 6.82. The van der Waals surface area contributed by atoms with Crippen LogP contribution in [0.1, 0.15) is 16.1 Å². The number of nitrogens with zero attached hydrogens (tertiary/aromatic N) is 4. The average molecular weight is 485 g/mol. The normalized spacial score (nSPS) is 14.5. The molecule has 178 valence electrons. The molecule has 1 aliphatic heterocycles. The van der Waals surface area contributed by atoms with Crippen LogP contribution < -0.4 is 4.74 Å². The molecular weight excluding hydrogens is 456 g/mol. The van der Waals surface area contributed by atoms with E-state index >= 15 is 0 Å². The van der Waals surface area contributed by atoms with E-state index in [0.717, 1.165) is 41.6 Å². The molecule has 35 heavy (non-hydrogen) atoms. The second-order valence-electron chi connectivity index (χ2n) is 8.41. The van der Waals surface area contributed by atoms with Crippen LogP contribution >= 0.6 is 11.3 Å². The third kappa shape index (κ3) is 5.37. The van der Waals surface area contributed by atoms with Crippen LogP contribution in [0.15, 0.2) is 84.3 Å². The Labute approximate surface area is 209 Å². The van der Waals surface area contributed by atoms with Gasteiger partial charge in [0.05, 0.1) is 17.7 Å². The van der Waals surface area contributed by atoms with Crippen molar-refractivity contribution in [2.24, 2.45) is 0 Å². The molecule has 0 saturated carbocycles. The molecule has 0 spiro atoms. The predicted molar refractivity (Wildman–Crippen MR) is 141 cm³/mol. The Morgan fingerprint density at radius 2 is 1.77 bits per heavy atom. The Morgan fingerprint density at radius 1 is 1.00 bits per heavy atom. The number of thiophene rings is 1. The topological polar surface area (TPSA) is 50.6 Å². The van der Waals surface area contributed by atoms with Crippen LogP contribution in [0, 0.1) is 0 Å². The summed E-state index contributed by atoms with van der Waals surface area (Å²) in [6, 6.07) is 23.9. The summed E-state index contributed by atoms with van der Waals surface area (Å²) in [6.45, 7) is 3.96. The molecule has 4 aromatic rings. The van der Waals surface area contributed by atoms with Gasteiger partial charge in [-0.1, -0.05) is 48.6 Å². The molecule has 2 aromatic carbocycles. The van der Waals surface area contributed by atoms with Gasteiger partial charge in [-0.3, -0.25) is 9.69 Å². The second kappa shape index (κ2) is 10.7. The number of carbonyl (C=O) groups excluding carboxylic acids is 1. The summed E-state index contributed by atoms with van der Waals surface area (Å²) in [6.07, 6.45) is 4.34. The fraction of sp³-hybridized carbons (Fsp3) is 0.214. The Balaban J connectivity index is 1.30. The highest BCUT2D eigenvalue weighted by Crippen LogP contribution is 2.27. The molecule has 5 rings (SSSR count). The minimum Gasteiger partial charge on any atom is -0.497 e. The van der Waals surface area contributed by atoms with E-state index in [0.29, 0.717) is 18.8 Å². The Hall–Kier alpha value is -3.68. The zero-order valence-corrected chi connectivity index (χ0v) is 20.5. The first kappa shape index (κ1) is 23.1. The van der Waals surface area contributed by atoms with Crippen LogP contribution in [0.5, 0.6) is 5.75 Å². The molecule has 0 bridgehead atoms. The zero-order valence-electron chi connectivity index (χ0n) is 19.7. The molecule has 7 heteroatoms. The number of amides is 1. The Morgan fingerprint density at radius 3 is 2.46 bits per heavy atom. The lowest BCUT2D eigenvalue weighted by Crippen LogP contribution is -2.49. The smallest absolute Gasteiger partial charge is 0.272 e. The van der Waals surface area contributed by atoms with Crippen LogP contribution in [-0.4, -0.2) is 65.3 Å². The van der Waals surface area contributed by atoms with Crippen LogP contribution in [0.25, 0.3) is 22.3 Å². The van der Waals surface area contributed by atoms with Crippen molar-refractivity contribution >= 4 is 23.3 Å². The van der Waals surface area contributed by atoms with Gasteiger partial charge in [0.1, 0.15) is 17.1 Å². The lowest BCUT2D eigenvalue weighted by atomic mass is 10.2. The van der Waals surface area contributed by atoms with Gasteiger partial charge in [0, 0.05) is 32.7 Å². The molecule has 1 aliphatic rings. The summed E-state index contributed by atoms with van der Waals surface area (Å²) in [5.74, 6) is 0.778. The number of benzene rings is 2. The molecule has 6 nitrogen and oxygen atoms in total. The fourth-order valence-electron chi connectivity index (χ4n) is 4.20. The van der Waals surface area contributed by atoms with Gasteiger partial charge in [0.25, 0.3) is 5.91 Å². The monoisotopic (exact) mass is 484 g/mol. The lowest BCUT2D eigenvalue weighted by molar-refractivity contribution is 0.0641. The lowest BCUT2D eigenvalue weighted by Gasteiger charge is -2.34. The number of rotatable bonds is 7. The molecule has 1 saturated heterocycles. The summed E-state index contributed by atoms with van der Waals surface area (Å²) in [5.41, 5.74) is 3.43. The van der Waals surface area contributed by atoms with Gasteiger partial charge < -0.3 is 9.64 Å². The summed E-state index contributed by atoms with van der Waals surface area (Å²) in [4.78, 5) is 19.0. The maximum absolute atomic E-state index is 13.6. The molecule has 0 unspecified atom stereocenters. The molecule has 2 aromatic heterocycles. The molecule has 1 fully saturated rings. The first-order chi connectivity index (χ1) is 17.2. The zero-order chi connectivity index (χ0) is 24.0. The third-order valence-corrected chi connectivity index (χ3v) is 7.04. The number of methoxy groups -OCH3 is 1. The number of piperazine rings is 1. The van der Waals surface area contributed by atoms with Crippen molar-refractivity contribution in [2.75, 3.05) is 39.8 Å². The first-order valence-electron chi connectivity index (χ1n) is 11.7. The maximum Gasteiger partial charge on any atom is 0.272 e. The minimum atomic E-state index is 0.00982. The van der Waals surface area contributed by atoms with E-state index in [1.54, 1.807) is 23.1 Å². The highest BCUT2D eigenvalue weighted by molar-refractivity contribution is 7.13. The highest BCUT2D eigenvalue weighted by atomic mass is 32.1. The van der Waals surface area contributed by atoms with Gasteiger partial charge >= 0.3 is 0 Å². The van der Waals surface area contributed by atoms with Crippen molar-refractivity contribution in [3.05, 3.63) is 95.5 Å². The second-order valence-corrected chi connectivity index (χ2v) is 9.36. The fourth-order valence-corrected chi connectivity index (χ4v) is 4.88. The van der Waals surface area contributed by atoms with Crippen molar-refractivity contribution in [1.82, 2.24) is 19.6 Å². The van der Waals surface area contributed by atoms with E-state index in [1.165, 1.54) is 5.56 Å². The molecule has 3 heterocycles. The van der Waals surface area contributed by atoms with Crippen LogP contribution in [0.3, 0.4) is 0 Å². The largest absolute Gasteiger partial charge is 0.497 e. The molecule has 0 atom stereocenters. The van der Waals surface area contributed by atoms with Crippen LogP contribution in [0.2, 0.25) is 0 Å². The van der Waals surface area contributed by atoms with Crippen molar-refractivity contribution < 1.29 is 9.53 Å². The third-order valence-electron chi connectivity index (χ3n) is 6.15.